The Kier molecular flexibility index (Phi) is 3.43. The summed E-state index contributed by atoms with van der Waals surface area (Å²) >= 11 is 8.21. The van der Waals surface area contributed by atoms with Gasteiger partial charge in [-0.25, -0.2) is 0 Å². The zero-order chi connectivity index (χ0) is 14.3. The second kappa shape index (κ2) is 5.10. The van der Waals surface area contributed by atoms with Gasteiger partial charge in [0.2, 0.25) is 0 Å². The van der Waals surface area contributed by atoms with Gasteiger partial charge in [-0.05, 0) is 52.9 Å². The molecule has 0 aliphatic heterocycles. The summed E-state index contributed by atoms with van der Waals surface area (Å²) in [5, 5.41) is 19.8. The highest BCUT2D eigenvalue weighted by molar-refractivity contribution is 14.1. The molecule has 0 radical (unpaired) electrons. The number of benzene rings is 2. The summed E-state index contributed by atoms with van der Waals surface area (Å²) in [5.74, 6) is -0.00821. The molecular weight excluding hydrogens is 387 g/mol. The molecule has 0 bridgehead atoms. The molecule has 0 fully saturated rings. The van der Waals surface area contributed by atoms with E-state index in [0.717, 1.165) is 20.0 Å². The minimum absolute atomic E-state index is 0.00821. The SMILES string of the molecule is N=C(c1cccc(I)c1)c1c(O)[nH]c2ccc(Cl)cc12. The molecule has 0 aliphatic rings. The molecule has 0 saturated carbocycles. The van der Waals surface area contributed by atoms with E-state index in [1.807, 2.05) is 24.3 Å². The number of fused-ring (bicyclic) bond motifs is 1. The molecule has 3 nitrogen and oxygen atoms in total. The summed E-state index contributed by atoms with van der Waals surface area (Å²) in [5.41, 5.74) is 2.27. The Morgan fingerprint density at radius 3 is 2.75 bits per heavy atom. The highest BCUT2D eigenvalue weighted by Crippen LogP contribution is 2.31. The summed E-state index contributed by atoms with van der Waals surface area (Å²) in [4.78, 5) is 2.87. The van der Waals surface area contributed by atoms with Crippen molar-refractivity contribution >= 4 is 50.8 Å². The Morgan fingerprint density at radius 1 is 1.20 bits per heavy atom. The lowest BCUT2D eigenvalue weighted by Gasteiger charge is -2.05. The van der Waals surface area contributed by atoms with Gasteiger partial charge in [-0.3, -0.25) is 5.41 Å². The molecule has 0 saturated heterocycles. The fourth-order valence-corrected chi connectivity index (χ4v) is 2.91. The van der Waals surface area contributed by atoms with Crippen molar-refractivity contribution in [1.82, 2.24) is 4.98 Å². The van der Waals surface area contributed by atoms with Crippen molar-refractivity contribution in [2.24, 2.45) is 0 Å². The molecule has 0 amide bonds. The maximum absolute atomic E-state index is 10.1. The molecule has 1 aromatic heterocycles. The van der Waals surface area contributed by atoms with E-state index in [0.29, 0.717) is 10.6 Å². The molecule has 3 N–H and O–H groups in total. The van der Waals surface area contributed by atoms with Crippen molar-refractivity contribution in [3.05, 3.63) is 62.2 Å². The average Bonchev–Trinajstić information content (AvgIpc) is 2.73. The van der Waals surface area contributed by atoms with Gasteiger partial charge in [-0.1, -0.05) is 23.7 Å². The van der Waals surface area contributed by atoms with Crippen LogP contribution in [0.25, 0.3) is 10.9 Å². The maximum atomic E-state index is 10.1. The van der Waals surface area contributed by atoms with Crippen LogP contribution in [0.15, 0.2) is 42.5 Å². The zero-order valence-electron chi connectivity index (χ0n) is 10.2. The molecule has 0 spiro atoms. The second-order valence-electron chi connectivity index (χ2n) is 4.42. The quantitative estimate of drug-likeness (QED) is 0.432. The summed E-state index contributed by atoms with van der Waals surface area (Å²) in [6.45, 7) is 0. The Bertz CT molecular complexity index is 826. The van der Waals surface area contributed by atoms with Crippen molar-refractivity contribution in [2.45, 2.75) is 0 Å². The van der Waals surface area contributed by atoms with Gasteiger partial charge in [-0.15, -0.1) is 0 Å². The largest absolute Gasteiger partial charge is 0.494 e. The van der Waals surface area contributed by atoms with Gasteiger partial charge in [-0.2, -0.15) is 0 Å². The van der Waals surface area contributed by atoms with E-state index in [1.165, 1.54) is 0 Å². The highest BCUT2D eigenvalue weighted by Gasteiger charge is 2.17. The van der Waals surface area contributed by atoms with Crippen LogP contribution in [0.2, 0.25) is 5.02 Å². The van der Waals surface area contributed by atoms with Crippen molar-refractivity contribution in [3.8, 4) is 5.88 Å². The monoisotopic (exact) mass is 396 g/mol. The Hall–Kier alpha value is -1.53. The van der Waals surface area contributed by atoms with Gasteiger partial charge < -0.3 is 10.1 Å². The Morgan fingerprint density at radius 2 is 2.00 bits per heavy atom. The van der Waals surface area contributed by atoms with Crippen molar-refractivity contribution < 1.29 is 5.11 Å². The first-order valence-corrected chi connectivity index (χ1v) is 7.37. The number of nitrogens with one attached hydrogen (secondary N) is 2. The van der Waals surface area contributed by atoms with Gasteiger partial charge in [0.15, 0.2) is 5.88 Å². The van der Waals surface area contributed by atoms with E-state index >= 15 is 0 Å². The van der Waals surface area contributed by atoms with E-state index in [-0.39, 0.29) is 11.6 Å². The minimum atomic E-state index is -0.00821. The van der Waals surface area contributed by atoms with Gasteiger partial charge in [0.05, 0.1) is 11.3 Å². The Labute approximate surface area is 134 Å². The molecule has 20 heavy (non-hydrogen) atoms. The predicted octanol–water partition coefficient (Wildman–Crippen LogP) is 4.55. The van der Waals surface area contributed by atoms with Gasteiger partial charge >= 0.3 is 0 Å². The van der Waals surface area contributed by atoms with E-state index in [4.69, 9.17) is 17.0 Å². The molecule has 5 heteroatoms. The van der Waals surface area contributed by atoms with Crippen LogP contribution in [-0.4, -0.2) is 15.8 Å². The lowest BCUT2D eigenvalue weighted by Crippen LogP contribution is -2.01. The number of aromatic hydroxyl groups is 1. The van der Waals surface area contributed by atoms with E-state index < -0.39 is 0 Å². The molecule has 100 valence electrons. The molecule has 3 rings (SSSR count). The smallest absolute Gasteiger partial charge is 0.199 e. The van der Waals surface area contributed by atoms with Crippen LogP contribution in [0.4, 0.5) is 0 Å². The van der Waals surface area contributed by atoms with Crippen molar-refractivity contribution in [2.75, 3.05) is 0 Å². The van der Waals surface area contributed by atoms with E-state index in [1.54, 1.807) is 18.2 Å². The molecule has 3 aromatic rings. The first kappa shape index (κ1) is 13.5. The first-order valence-electron chi connectivity index (χ1n) is 5.91. The van der Waals surface area contributed by atoms with Crippen LogP contribution in [-0.2, 0) is 0 Å². The Balaban J connectivity index is 2.21. The summed E-state index contributed by atoms with van der Waals surface area (Å²) < 4.78 is 1.04. The highest BCUT2D eigenvalue weighted by atomic mass is 127. The van der Waals surface area contributed by atoms with Gasteiger partial charge in [0.1, 0.15) is 0 Å². The standard InChI is InChI=1S/C15H10ClIN2O/c16-9-4-5-12-11(7-9)13(15(20)19-12)14(18)8-2-1-3-10(17)6-8/h1-7,18-20H. The normalized spacial score (nSPS) is 10.9. The topological polar surface area (TPSA) is 59.9 Å². The van der Waals surface area contributed by atoms with Crippen LogP contribution in [0.3, 0.4) is 0 Å². The number of aromatic nitrogens is 1. The lowest BCUT2D eigenvalue weighted by atomic mass is 10.0. The van der Waals surface area contributed by atoms with Gasteiger partial charge in [0, 0.05) is 25.1 Å². The molecular formula is C15H10ClIN2O. The van der Waals surface area contributed by atoms with Crippen LogP contribution in [0, 0.1) is 8.98 Å². The predicted molar refractivity (Wildman–Crippen MR) is 90.1 cm³/mol. The van der Waals surface area contributed by atoms with Crippen LogP contribution in [0.1, 0.15) is 11.1 Å². The third kappa shape index (κ3) is 2.29. The van der Waals surface area contributed by atoms with Crippen LogP contribution >= 0.6 is 34.2 Å². The number of H-pyrrole nitrogens is 1. The number of rotatable bonds is 2. The maximum Gasteiger partial charge on any atom is 0.199 e. The van der Waals surface area contributed by atoms with E-state index in [9.17, 15) is 5.11 Å². The summed E-state index contributed by atoms with van der Waals surface area (Å²) in [7, 11) is 0. The zero-order valence-corrected chi connectivity index (χ0v) is 13.2. The lowest BCUT2D eigenvalue weighted by molar-refractivity contribution is 0.457. The van der Waals surface area contributed by atoms with Crippen LogP contribution in [0.5, 0.6) is 5.88 Å². The number of aromatic amines is 1. The van der Waals surface area contributed by atoms with Crippen molar-refractivity contribution in [3.63, 3.8) is 0 Å². The third-order valence-corrected chi connectivity index (χ3v) is 4.01. The summed E-state index contributed by atoms with van der Waals surface area (Å²) in [6.07, 6.45) is 0. The summed E-state index contributed by atoms with van der Waals surface area (Å²) in [6, 6.07) is 12.9. The third-order valence-electron chi connectivity index (χ3n) is 3.10. The van der Waals surface area contributed by atoms with Crippen molar-refractivity contribution in [1.29, 1.82) is 5.41 Å². The molecule has 0 atom stereocenters. The number of hydrogen-bond acceptors (Lipinski definition) is 2. The number of hydrogen-bond donors (Lipinski definition) is 3. The molecule has 0 aliphatic carbocycles. The number of halogens is 2. The second-order valence-corrected chi connectivity index (χ2v) is 6.11. The first-order chi connectivity index (χ1) is 9.56. The molecule has 2 aromatic carbocycles. The fraction of sp³-hybridized carbons (Fsp3) is 0. The van der Waals surface area contributed by atoms with Gasteiger partial charge in [0.25, 0.3) is 0 Å². The fourth-order valence-electron chi connectivity index (χ4n) is 2.19. The molecule has 1 heterocycles. The van der Waals surface area contributed by atoms with Crippen LogP contribution < -0.4 is 0 Å². The molecule has 0 unspecified atom stereocenters. The average molecular weight is 397 g/mol. The van der Waals surface area contributed by atoms with E-state index in [2.05, 4.69) is 27.6 Å². The minimum Gasteiger partial charge on any atom is -0.494 e.